The first-order valence-corrected chi connectivity index (χ1v) is 4.50. The summed E-state index contributed by atoms with van der Waals surface area (Å²) in [6.45, 7) is 8.42. The molecule has 0 heterocycles. The summed E-state index contributed by atoms with van der Waals surface area (Å²) in [5.74, 6) is 6.00. The summed E-state index contributed by atoms with van der Waals surface area (Å²) in [6, 6.07) is 0.201. The SMILES string of the molecule is CCC(C)C(NN)C(C)(C)OC. The summed E-state index contributed by atoms with van der Waals surface area (Å²) in [6.07, 6.45) is 1.10. The molecule has 0 saturated heterocycles. The van der Waals surface area contributed by atoms with Gasteiger partial charge >= 0.3 is 0 Å². The van der Waals surface area contributed by atoms with Crippen LogP contribution in [-0.2, 0) is 4.74 Å². The van der Waals surface area contributed by atoms with Gasteiger partial charge in [-0.1, -0.05) is 20.3 Å². The minimum Gasteiger partial charge on any atom is -0.377 e. The number of rotatable bonds is 5. The summed E-state index contributed by atoms with van der Waals surface area (Å²) >= 11 is 0. The molecule has 0 fully saturated rings. The highest BCUT2D eigenvalue weighted by atomic mass is 16.5. The fraction of sp³-hybridized carbons (Fsp3) is 1.00. The van der Waals surface area contributed by atoms with Crippen molar-refractivity contribution in [2.24, 2.45) is 11.8 Å². The van der Waals surface area contributed by atoms with Gasteiger partial charge in [0.25, 0.3) is 0 Å². The van der Waals surface area contributed by atoms with Crippen LogP contribution in [0.15, 0.2) is 0 Å². The molecule has 12 heavy (non-hydrogen) atoms. The van der Waals surface area contributed by atoms with E-state index in [-0.39, 0.29) is 11.6 Å². The molecule has 0 amide bonds. The Morgan fingerprint density at radius 3 is 2.25 bits per heavy atom. The zero-order chi connectivity index (χ0) is 9.78. The van der Waals surface area contributed by atoms with Crippen LogP contribution in [0.1, 0.15) is 34.1 Å². The van der Waals surface area contributed by atoms with Gasteiger partial charge in [0.05, 0.1) is 11.6 Å². The molecule has 74 valence electrons. The molecule has 0 aromatic rings. The third-order valence-electron chi connectivity index (χ3n) is 2.67. The first-order valence-electron chi connectivity index (χ1n) is 4.50. The molecule has 0 aromatic carbocycles. The fourth-order valence-electron chi connectivity index (χ4n) is 1.41. The van der Waals surface area contributed by atoms with E-state index in [1.165, 1.54) is 0 Å². The molecule has 3 heteroatoms. The second-order valence-corrected chi connectivity index (χ2v) is 3.84. The Bertz CT molecular complexity index is 126. The van der Waals surface area contributed by atoms with Crippen molar-refractivity contribution in [2.45, 2.75) is 45.8 Å². The molecule has 3 N–H and O–H groups in total. The summed E-state index contributed by atoms with van der Waals surface area (Å²) in [7, 11) is 1.72. The summed E-state index contributed by atoms with van der Waals surface area (Å²) in [5.41, 5.74) is 2.61. The van der Waals surface area contributed by atoms with E-state index in [1.54, 1.807) is 7.11 Å². The zero-order valence-electron chi connectivity index (χ0n) is 8.85. The number of hydrazine groups is 1. The first kappa shape index (κ1) is 11.9. The minimum atomic E-state index is -0.204. The van der Waals surface area contributed by atoms with Crippen molar-refractivity contribution in [3.8, 4) is 0 Å². The summed E-state index contributed by atoms with van der Waals surface area (Å²) in [4.78, 5) is 0. The molecule has 3 nitrogen and oxygen atoms in total. The molecular weight excluding hydrogens is 152 g/mol. The Morgan fingerprint density at radius 1 is 1.50 bits per heavy atom. The van der Waals surface area contributed by atoms with Gasteiger partial charge in [0, 0.05) is 7.11 Å². The lowest BCUT2D eigenvalue weighted by atomic mass is 9.87. The minimum absolute atomic E-state index is 0.201. The van der Waals surface area contributed by atoms with Crippen molar-refractivity contribution in [1.29, 1.82) is 0 Å². The molecular formula is C9H22N2O. The molecule has 0 bridgehead atoms. The third-order valence-corrected chi connectivity index (χ3v) is 2.67. The van der Waals surface area contributed by atoms with Crippen molar-refractivity contribution < 1.29 is 4.74 Å². The Labute approximate surface area is 75.6 Å². The molecule has 0 aliphatic rings. The van der Waals surface area contributed by atoms with Gasteiger partial charge in [0.15, 0.2) is 0 Å². The van der Waals surface area contributed by atoms with Crippen LogP contribution in [0.2, 0.25) is 0 Å². The fourth-order valence-corrected chi connectivity index (χ4v) is 1.41. The van der Waals surface area contributed by atoms with Gasteiger partial charge in [0.2, 0.25) is 0 Å². The maximum absolute atomic E-state index is 5.48. The average molecular weight is 174 g/mol. The molecule has 0 rings (SSSR count). The molecule has 2 atom stereocenters. The van der Waals surface area contributed by atoms with Crippen LogP contribution in [0.25, 0.3) is 0 Å². The average Bonchev–Trinajstić information content (AvgIpc) is 2.05. The van der Waals surface area contributed by atoms with Crippen LogP contribution in [0, 0.1) is 5.92 Å². The molecule has 0 radical (unpaired) electrons. The van der Waals surface area contributed by atoms with Crippen molar-refractivity contribution in [3.05, 3.63) is 0 Å². The zero-order valence-corrected chi connectivity index (χ0v) is 8.85. The monoisotopic (exact) mass is 174 g/mol. The van der Waals surface area contributed by atoms with Crippen molar-refractivity contribution in [2.75, 3.05) is 7.11 Å². The molecule has 2 unspecified atom stereocenters. The van der Waals surface area contributed by atoms with E-state index in [2.05, 4.69) is 19.3 Å². The van der Waals surface area contributed by atoms with Gasteiger partial charge in [-0.05, 0) is 19.8 Å². The topological polar surface area (TPSA) is 47.3 Å². The highest BCUT2D eigenvalue weighted by molar-refractivity contribution is 4.87. The van der Waals surface area contributed by atoms with E-state index in [9.17, 15) is 0 Å². The molecule has 0 aliphatic carbocycles. The van der Waals surface area contributed by atoms with E-state index in [4.69, 9.17) is 10.6 Å². The standard InChI is InChI=1S/C9H22N2O/c1-6-7(2)8(11-10)9(3,4)12-5/h7-8,11H,6,10H2,1-5H3. The number of nitrogens with two attached hydrogens (primary N) is 1. The van der Waals surface area contributed by atoms with E-state index < -0.39 is 0 Å². The summed E-state index contributed by atoms with van der Waals surface area (Å²) < 4.78 is 5.37. The highest BCUT2D eigenvalue weighted by Crippen LogP contribution is 2.21. The lowest BCUT2D eigenvalue weighted by Gasteiger charge is -2.36. The maximum atomic E-state index is 5.48. The van der Waals surface area contributed by atoms with Gasteiger partial charge in [-0.3, -0.25) is 11.3 Å². The van der Waals surface area contributed by atoms with Crippen LogP contribution in [0.5, 0.6) is 0 Å². The van der Waals surface area contributed by atoms with E-state index in [0.29, 0.717) is 5.92 Å². The molecule has 0 aromatic heterocycles. The van der Waals surface area contributed by atoms with E-state index in [1.807, 2.05) is 13.8 Å². The van der Waals surface area contributed by atoms with Gasteiger partial charge in [-0.25, -0.2) is 0 Å². The Kier molecular flexibility index (Phi) is 4.75. The van der Waals surface area contributed by atoms with Gasteiger partial charge in [0.1, 0.15) is 0 Å². The Hall–Kier alpha value is -0.120. The Balaban J connectivity index is 4.32. The quantitative estimate of drug-likeness (QED) is 0.487. The van der Waals surface area contributed by atoms with Crippen LogP contribution in [0.4, 0.5) is 0 Å². The van der Waals surface area contributed by atoms with Gasteiger partial charge in [-0.15, -0.1) is 0 Å². The van der Waals surface area contributed by atoms with Crippen molar-refractivity contribution in [1.82, 2.24) is 5.43 Å². The lowest BCUT2D eigenvalue weighted by molar-refractivity contribution is -0.0260. The summed E-state index contributed by atoms with van der Waals surface area (Å²) in [5, 5.41) is 0. The van der Waals surface area contributed by atoms with E-state index >= 15 is 0 Å². The number of methoxy groups -OCH3 is 1. The molecule has 0 saturated carbocycles. The second-order valence-electron chi connectivity index (χ2n) is 3.84. The predicted molar refractivity (Wildman–Crippen MR) is 51.7 cm³/mol. The van der Waals surface area contributed by atoms with Gasteiger partial charge < -0.3 is 4.74 Å². The number of ether oxygens (including phenoxy) is 1. The Morgan fingerprint density at radius 2 is 2.00 bits per heavy atom. The first-order chi connectivity index (χ1) is 5.49. The van der Waals surface area contributed by atoms with Crippen LogP contribution < -0.4 is 11.3 Å². The third kappa shape index (κ3) is 2.73. The van der Waals surface area contributed by atoms with Crippen LogP contribution in [-0.4, -0.2) is 18.8 Å². The predicted octanol–water partition coefficient (Wildman–Crippen LogP) is 1.29. The lowest BCUT2D eigenvalue weighted by Crippen LogP contribution is -2.54. The van der Waals surface area contributed by atoms with Crippen LogP contribution in [0.3, 0.4) is 0 Å². The highest BCUT2D eigenvalue weighted by Gasteiger charge is 2.31. The molecule has 0 aliphatic heterocycles. The van der Waals surface area contributed by atoms with Crippen molar-refractivity contribution >= 4 is 0 Å². The van der Waals surface area contributed by atoms with Gasteiger partial charge in [-0.2, -0.15) is 0 Å². The van der Waals surface area contributed by atoms with Crippen LogP contribution >= 0.6 is 0 Å². The smallest absolute Gasteiger partial charge is 0.0791 e. The largest absolute Gasteiger partial charge is 0.377 e. The van der Waals surface area contributed by atoms with Crippen molar-refractivity contribution in [3.63, 3.8) is 0 Å². The number of hydrogen-bond donors (Lipinski definition) is 2. The number of nitrogens with one attached hydrogen (secondary N) is 1. The second kappa shape index (κ2) is 4.80. The normalized spacial score (nSPS) is 17.5. The van der Waals surface area contributed by atoms with E-state index in [0.717, 1.165) is 6.42 Å². The molecule has 0 spiro atoms. The maximum Gasteiger partial charge on any atom is 0.0791 e. The number of hydrogen-bond acceptors (Lipinski definition) is 3.